The molecule has 0 aromatic heterocycles. The number of para-hydroxylation sites is 1. The Morgan fingerprint density at radius 3 is 2.64 bits per heavy atom. The number of nitro benzene ring substituents is 1. The number of carbonyl (C=O) groups excluding carboxylic acids is 3. The van der Waals surface area contributed by atoms with Crippen LogP contribution in [0.2, 0.25) is 0 Å². The molecule has 1 saturated heterocycles. The third-order valence-electron chi connectivity index (χ3n) is 4.50. The maximum atomic E-state index is 13.5. The summed E-state index contributed by atoms with van der Waals surface area (Å²) in [7, 11) is 0. The molecule has 2 amide bonds. The van der Waals surface area contributed by atoms with Crippen LogP contribution >= 0.6 is 0 Å². The predicted octanol–water partition coefficient (Wildman–Crippen LogP) is 2.93. The summed E-state index contributed by atoms with van der Waals surface area (Å²) < 4.78 is 13.5. The van der Waals surface area contributed by atoms with Crippen molar-refractivity contribution in [3.8, 4) is 0 Å². The zero-order valence-electron chi connectivity index (χ0n) is 14.8. The summed E-state index contributed by atoms with van der Waals surface area (Å²) in [6.45, 7) is 1.38. The fraction of sp³-hybridized carbons (Fsp3) is 0.211. The highest BCUT2D eigenvalue weighted by Gasteiger charge is 2.36. The molecule has 8 nitrogen and oxygen atoms in total. The minimum absolute atomic E-state index is 0.00427. The minimum Gasteiger partial charge on any atom is -0.325 e. The van der Waals surface area contributed by atoms with Gasteiger partial charge >= 0.3 is 5.69 Å². The van der Waals surface area contributed by atoms with Gasteiger partial charge in [-0.1, -0.05) is 12.1 Å². The Labute approximate surface area is 159 Å². The van der Waals surface area contributed by atoms with Crippen molar-refractivity contribution in [1.82, 2.24) is 0 Å². The van der Waals surface area contributed by atoms with Crippen LogP contribution in [0.25, 0.3) is 0 Å². The van der Waals surface area contributed by atoms with Crippen LogP contribution < -0.4 is 10.2 Å². The standard InChI is InChI=1S/C19H16FN3O5/c1-11(24)14-4-2-3-5-16(14)21-19(26)12-8-18(25)22(10-12)13-6-7-15(20)17(9-13)23(27)28/h2-7,9,12H,8,10H2,1H3,(H,21,26). The summed E-state index contributed by atoms with van der Waals surface area (Å²) in [6.07, 6.45) is -0.0980. The SMILES string of the molecule is CC(=O)c1ccccc1NC(=O)C1CC(=O)N(c2ccc(F)c([N+](=O)[O-])c2)C1. The Morgan fingerprint density at radius 1 is 1.25 bits per heavy atom. The number of benzene rings is 2. The number of nitrogens with one attached hydrogen (secondary N) is 1. The lowest BCUT2D eigenvalue weighted by Crippen LogP contribution is -2.28. The van der Waals surface area contributed by atoms with Gasteiger partial charge in [0.05, 0.1) is 22.2 Å². The number of ketones is 1. The number of hydrogen-bond donors (Lipinski definition) is 1. The van der Waals surface area contributed by atoms with Crippen molar-refractivity contribution in [3.63, 3.8) is 0 Å². The quantitative estimate of drug-likeness (QED) is 0.483. The second-order valence-electron chi connectivity index (χ2n) is 6.39. The molecule has 1 N–H and O–H groups in total. The number of halogens is 1. The van der Waals surface area contributed by atoms with Crippen LogP contribution in [0.1, 0.15) is 23.7 Å². The van der Waals surface area contributed by atoms with Gasteiger partial charge in [0.15, 0.2) is 5.78 Å². The predicted molar refractivity (Wildman–Crippen MR) is 98.6 cm³/mol. The molecular weight excluding hydrogens is 369 g/mol. The molecule has 3 rings (SSSR count). The number of Topliss-reactive ketones (excluding diaryl/α,β-unsaturated/α-hetero) is 1. The second-order valence-corrected chi connectivity index (χ2v) is 6.39. The van der Waals surface area contributed by atoms with Crippen LogP contribution in [-0.4, -0.2) is 29.1 Å². The van der Waals surface area contributed by atoms with Gasteiger partial charge in [-0.2, -0.15) is 4.39 Å². The molecule has 2 aromatic carbocycles. The summed E-state index contributed by atoms with van der Waals surface area (Å²) >= 11 is 0. The van der Waals surface area contributed by atoms with E-state index in [4.69, 9.17) is 0 Å². The number of carbonyl (C=O) groups is 3. The normalized spacial score (nSPS) is 16.1. The first-order chi connectivity index (χ1) is 13.3. The zero-order valence-corrected chi connectivity index (χ0v) is 14.8. The first-order valence-corrected chi connectivity index (χ1v) is 8.43. The Hall–Kier alpha value is -3.62. The lowest BCUT2D eigenvalue weighted by Gasteiger charge is -2.17. The summed E-state index contributed by atoms with van der Waals surface area (Å²) in [4.78, 5) is 47.8. The van der Waals surface area contributed by atoms with Crippen LogP contribution in [0.3, 0.4) is 0 Å². The number of nitrogens with zero attached hydrogens (tertiary/aromatic N) is 2. The smallest absolute Gasteiger partial charge is 0.306 e. The molecular formula is C19H16FN3O5. The largest absolute Gasteiger partial charge is 0.325 e. The van der Waals surface area contributed by atoms with Crippen LogP contribution in [-0.2, 0) is 9.59 Å². The fourth-order valence-electron chi connectivity index (χ4n) is 3.08. The molecule has 144 valence electrons. The van der Waals surface area contributed by atoms with E-state index in [2.05, 4.69) is 5.32 Å². The van der Waals surface area contributed by atoms with E-state index >= 15 is 0 Å². The van der Waals surface area contributed by atoms with Gasteiger partial charge in [-0.05, 0) is 31.2 Å². The number of rotatable bonds is 5. The molecule has 0 spiro atoms. The van der Waals surface area contributed by atoms with Crippen LogP contribution in [0.4, 0.5) is 21.5 Å². The molecule has 0 radical (unpaired) electrons. The summed E-state index contributed by atoms with van der Waals surface area (Å²) in [5.41, 5.74) is 0.112. The van der Waals surface area contributed by atoms with Gasteiger partial charge in [0, 0.05) is 24.6 Å². The van der Waals surface area contributed by atoms with E-state index in [0.717, 1.165) is 12.1 Å². The molecule has 2 aromatic rings. The molecule has 0 saturated carbocycles. The first-order valence-electron chi connectivity index (χ1n) is 8.43. The molecule has 9 heteroatoms. The summed E-state index contributed by atoms with van der Waals surface area (Å²) in [6, 6.07) is 9.66. The highest BCUT2D eigenvalue weighted by Crippen LogP contribution is 2.30. The van der Waals surface area contributed by atoms with Crippen molar-refractivity contribution in [2.75, 3.05) is 16.8 Å². The van der Waals surface area contributed by atoms with Crippen molar-refractivity contribution < 1.29 is 23.7 Å². The van der Waals surface area contributed by atoms with Crippen molar-refractivity contribution in [3.05, 3.63) is 64.0 Å². The van der Waals surface area contributed by atoms with E-state index in [1.165, 1.54) is 17.9 Å². The molecule has 1 heterocycles. The summed E-state index contributed by atoms with van der Waals surface area (Å²) in [5.74, 6) is -2.77. The highest BCUT2D eigenvalue weighted by molar-refractivity contribution is 6.07. The van der Waals surface area contributed by atoms with Crippen molar-refractivity contribution in [2.24, 2.45) is 5.92 Å². The number of anilines is 2. The molecule has 1 atom stereocenters. The van der Waals surface area contributed by atoms with E-state index < -0.39 is 34.2 Å². The third kappa shape index (κ3) is 3.73. The monoisotopic (exact) mass is 385 g/mol. The third-order valence-corrected chi connectivity index (χ3v) is 4.50. The molecule has 0 aliphatic carbocycles. The number of amides is 2. The molecule has 28 heavy (non-hydrogen) atoms. The molecule has 1 fully saturated rings. The number of nitro groups is 1. The van der Waals surface area contributed by atoms with Gasteiger partial charge in [-0.3, -0.25) is 24.5 Å². The molecule has 1 aliphatic heterocycles. The van der Waals surface area contributed by atoms with Gasteiger partial charge in [-0.15, -0.1) is 0 Å². The van der Waals surface area contributed by atoms with Gasteiger partial charge in [0.2, 0.25) is 17.6 Å². The van der Waals surface area contributed by atoms with E-state index in [1.54, 1.807) is 24.3 Å². The van der Waals surface area contributed by atoms with Crippen LogP contribution in [0.15, 0.2) is 42.5 Å². The molecule has 1 unspecified atom stereocenters. The Morgan fingerprint density at radius 2 is 1.96 bits per heavy atom. The maximum Gasteiger partial charge on any atom is 0.306 e. The van der Waals surface area contributed by atoms with Crippen LogP contribution in [0.5, 0.6) is 0 Å². The van der Waals surface area contributed by atoms with Gasteiger partial charge < -0.3 is 10.2 Å². The Balaban J connectivity index is 1.78. The van der Waals surface area contributed by atoms with Gasteiger partial charge in [0.25, 0.3) is 0 Å². The maximum absolute atomic E-state index is 13.5. The minimum atomic E-state index is -1.00. The lowest BCUT2D eigenvalue weighted by atomic mass is 10.1. The Bertz CT molecular complexity index is 991. The Kier molecular flexibility index (Phi) is 5.16. The van der Waals surface area contributed by atoms with E-state index in [1.807, 2.05) is 0 Å². The fourth-order valence-corrected chi connectivity index (χ4v) is 3.08. The average Bonchev–Trinajstić information content (AvgIpc) is 3.04. The summed E-state index contributed by atoms with van der Waals surface area (Å²) in [5, 5.41) is 13.6. The highest BCUT2D eigenvalue weighted by atomic mass is 19.1. The van der Waals surface area contributed by atoms with Gasteiger partial charge in [0.1, 0.15) is 0 Å². The van der Waals surface area contributed by atoms with Crippen molar-refractivity contribution >= 4 is 34.7 Å². The molecule has 1 aliphatic rings. The number of hydrogen-bond acceptors (Lipinski definition) is 5. The topological polar surface area (TPSA) is 110 Å². The van der Waals surface area contributed by atoms with Crippen molar-refractivity contribution in [2.45, 2.75) is 13.3 Å². The van der Waals surface area contributed by atoms with E-state index in [9.17, 15) is 28.9 Å². The van der Waals surface area contributed by atoms with Crippen molar-refractivity contribution in [1.29, 1.82) is 0 Å². The second kappa shape index (κ2) is 7.55. The van der Waals surface area contributed by atoms with E-state index in [0.29, 0.717) is 11.3 Å². The average molecular weight is 385 g/mol. The van der Waals surface area contributed by atoms with E-state index in [-0.39, 0.29) is 24.4 Å². The van der Waals surface area contributed by atoms with Crippen LogP contribution in [0, 0.1) is 21.8 Å². The van der Waals surface area contributed by atoms with Gasteiger partial charge in [-0.25, -0.2) is 0 Å². The molecule has 0 bridgehead atoms. The zero-order chi connectivity index (χ0) is 20.4. The first kappa shape index (κ1) is 19.2. The lowest BCUT2D eigenvalue weighted by molar-refractivity contribution is -0.387.